The van der Waals surface area contributed by atoms with Crippen molar-refractivity contribution in [2.24, 2.45) is 0 Å². The van der Waals surface area contributed by atoms with Gasteiger partial charge in [-0.25, -0.2) is 0 Å². The van der Waals surface area contributed by atoms with Gasteiger partial charge >= 0.3 is 65.9 Å². The molecule has 0 fully saturated rings. The third-order valence-electron chi connectivity index (χ3n) is 2.81. The van der Waals surface area contributed by atoms with Crippen LogP contribution < -0.4 is 68.9 Å². The molecular formula is C10H11BNa2O6S. The van der Waals surface area contributed by atoms with Crippen molar-refractivity contribution in [3.8, 4) is 5.75 Å². The fourth-order valence-corrected chi connectivity index (χ4v) is 2.69. The molecule has 0 radical (unpaired) electrons. The van der Waals surface area contributed by atoms with Gasteiger partial charge in [0.2, 0.25) is 0 Å². The van der Waals surface area contributed by atoms with Crippen LogP contribution in [-0.4, -0.2) is 33.2 Å². The molecule has 6 nitrogen and oxygen atoms in total. The number of aryl methyl sites for hydroxylation is 1. The predicted octanol–water partition coefficient (Wildman–Crippen LogP) is -7.35. The maximum Gasteiger partial charge on any atom is 1.00 e. The van der Waals surface area contributed by atoms with Gasteiger partial charge in [0.15, 0.2) is 0 Å². The van der Waals surface area contributed by atoms with Gasteiger partial charge in [-0.2, -0.15) is 0 Å². The molecule has 98 valence electrons. The van der Waals surface area contributed by atoms with E-state index in [4.69, 9.17) is 4.65 Å². The van der Waals surface area contributed by atoms with Gasteiger partial charge in [-0.15, -0.1) is 0 Å². The number of carbonyl (C=O) groups is 1. The van der Waals surface area contributed by atoms with Crippen molar-refractivity contribution in [3.05, 3.63) is 23.3 Å². The minimum atomic E-state index is -3.07. The Morgan fingerprint density at radius 1 is 1.40 bits per heavy atom. The summed E-state index contributed by atoms with van der Waals surface area (Å²) in [7, 11) is -1.54. The Bertz CT molecular complexity index is 551. The Morgan fingerprint density at radius 2 is 2.00 bits per heavy atom. The molecule has 0 aromatic heterocycles. The number of fused-ring (bicyclic) bond motifs is 1. The Balaban J connectivity index is 0.00000180. The molecule has 2 N–H and O–H groups in total. The standard InChI is InChI=1S/C10H12BO6S.2Na/c1-18(16)7-3-2-6-4-5-11(14,15)17-9(6)8(7)10(12)13;;/h2-3,14-15H,4-5H2,1H3,(H,12,13);;/q-1;2*+1/p-1. The minimum Gasteiger partial charge on any atom is -0.669 e. The van der Waals surface area contributed by atoms with Crippen molar-refractivity contribution < 1.29 is 87.9 Å². The molecule has 0 aliphatic carbocycles. The maximum atomic E-state index is 11.5. The number of carboxylic acid groups (broad SMARTS) is 1. The second-order valence-electron chi connectivity index (χ2n) is 4.18. The topological polar surface area (TPSA) is 107 Å². The Kier molecular flexibility index (Phi) is 8.00. The van der Waals surface area contributed by atoms with E-state index in [2.05, 4.69) is 0 Å². The first kappa shape index (κ1) is 20.6. The van der Waals surface area contributed by atoms with Crippen LogP contribution in [0, 0.1) is 0 Å². The minimum absolute atomic E-state index is 0. The van der Waals surface area contributed by atoms with E-state index in [9.17, 15) is 24.2 Å². The van der Waals surface area contributed by atoms with Gasteiger partial charge in [0.1, 0.15) is 0 Å². The molecule has 0 saturated heterocycles. The van der Waals surface area contributed by atoms with Gasteiger partial charge in [0, 0.05) is 6.26 Å². The zero-order valence-electron chi connectivity index (χ0n) is 11.6. The van der Waals surface area contributed by atoms with Crippen LogP contribution in [0.4, 0.5) is 0 Å². The quantitative estimate of drug-likeness (QED) is 0.525. The van der Waals surface area contributed by atoms with Crippen molar-refractivity contribution in [3.63, 3.8) is 0 Å². The Hall–Kier alpha value is 0.625. The summed E-state index contributed by atoms with van der Waals surface area (Å²) >= 11 is 0. The van der Waals surface area contributed by atoms with Gasteiger partial charge in [-0.1, -0.05) is 12.4 Å². The largest absolute Gasteiger partial charge is 1.00 e. The van der Waals surface area contributed by atoms with Crippen LogP contribution in [-0.2, 0) is 17.2 Å². The summed E-state index contributed by atoms with van der Waals surface area (Å²) in [5.74, 6) is -1.70. The van der Waals surface area contributed by atoms with E-state index < -0.39 is 23.5 Å². The average molecular weight is 316 g/mol. The molecule has 0 spiro atoms. The molecule has 1 heterocycles. The van der Waals surface area contributed by atoms with Crippen LogP contribution in [0.2, 0.25) is 6.32 Å². The molecule has 1 aliphatic heterocycles. The van der Waals surface area contributed by atoms with Crippen LogP contribution in [0.5, 0.6) is 5.75 Å². The Morgan fingerprint density at radius 3 is 2.50 bits per heavy atom. The molecule has 2 rings (SSSR count). The SMILES string of the molecule is CS(=O)c1ccc2c(c1C(=O)[O-])O[B-](O)(O)CC2.[Na+].[Na+]. The summed E-state index contributed by atoms with van der Waals surface area (Å²) in [5.41, 5.74) is 0.159. The van der Waals surface area contributed by atoms with E-state index in [1.165, 1.54) is 12.3 Å². The van der Waals surface area contributed by atoms with Crippen LogP contribution >= 0.6 is 0 Å². The summed E-state index contributed by atoms with van der Waals surface area (Å²) < 4.78 is 16.4. The smallest absolute Gasteiger partial charge is 0.669 e. The maximum absolute atomic E-state index is 11.5. The molecular weight excluding hydrogens is 305 g/mol. The number of hydrogen-bond donors (Lipinski definition) is 2. The van der Waals surface area contributed by atoms with Crippen LogP contribution in [0.1, 0.15) is 15.9 Å². The first-order chi connectivity index (χ1) is 8.32. The van der Waals surface area contributed by atoms with Crippen LogP contribution in [0.3, 0.4) is 0 Å². The molecule has 0 saturated carbocycles. The van der Waals surface area contributed by atoms with E-state index in [0.717, 1.165) is 0 Å². The van der Waals surface area contributed by atoms with Crippen LogP contribution in [0.25, 0.3) is 0 Å². The number of rotatable bonds is 2. The van der Waals surface area contributed by atoms with Crippen molar-refractivity contribution in [2.75, 3.05) is 6.26 Å². The van der Waals surface area contributed by atoms with E-state index >= 15 is 0 Å². The van der Waals surface area contributed by atoms with Crippen molar-refractivity contribution in [2.45, 2.75) is 17.6 Å². The van der Waals surface area contributed by atoms with Gasteiger partial charge in [0.25, 0.3) is 0 Å². The zero-order chi connectivity index (χ0) is 13.5. The molecule has 1 aromatic carbocycles. The van der Waals surface area contributed by atoms with Gasteiger partial charge < -0.3 is 24.6 Å². The van der Waals surface area contributed by atoms with Gasteiger partial charge in [0.05, 0.1) is 33.0 Å². The molecule has 0 bridgehead atoms. The summed E-state index contributed by atoms with van der Waals surface area (Å²) in [4.78, 5) is 11.2. The fraction of sp³-hybridized carbons (Fsp3) is 0.300. The molecule has 20 heavy (non-hydrogen) atoms. The number of benzene rings is 1. The summed E-state index contributed by atoms with van der Waals surface area (Å²) in [6.07, 6.45) is 1.60. The molecule has 1 aliphatic rings. The van der Waals surface area contributed by atoms with Crippen molar-refractivity contribution >= 4 is 23.5 Å². The summed E-state index contributed by atoms with van der Waals surface area (Å²) in [6, 6.07) is 3.00. The number of carbonyl (C=O) groups excluding carboxylic acids is 1. The second-order valence-corrected chi connectivity index (χ2v) is 5.53. The summed E-state index contributed by atoms with van der Waals surface area (Å²) in [6.45, 7) is -3.07. The van der Waals surface area contributed by atoms with E-state index in [1.54, 1.807) is 6.07 Å². The zero-order valence-corrected chi connectivity index (χ0v) is 16.4. The average Bonchev–Trinajstić information content (AvgIpc) is 2.25. The molecule has 0 amide bonds. The summed E-state index contributed by atoms with van der Waals surface area (Å²) in [5, 5.41) is 30.1. The normalized spacial score (nSPS) is 16.8. The Labute approximate surface area is 163 Å². The van der Waals surface area contributed by atoms with Crippen molar-refractivity contribution in [1.29, 1.82) is 0 Å². The first-order valence-corrected chi connectivity index (χ1v) is 6.87. The molecule has 10 heteroatoms. The monoisotopic (exact) mass is 316 g/mol. The van der Waals surface area contributed by atoms with Gasteiger partial charge in [-0.3, -0.25) is 4.21 Å². The molecule has 1 atom stereocenters. The third-order valence-corrected chi connectivity index (χ3v) is 3.77. The van der Waals surface area contributed by atoms with Crippen molar-refractivity contribution in [1.82, 2.24) is 0 Å². The van der Waals surface area contributed by atoms with Crippen LogP contribution in [0.15, 0.2) is 17.0 Å². The predicted molar refractivity (Wildman–Crippen MR) is 62.4 cm³/mol. The van der Waals surface area contributed by atoms with Gasteiger partial charge in [-0.05, 0) is 18.1 Å². The second kappa shape index (κ2) is 7.76. The third kappa shape index (κ3) is 4.31. The number of hydrogen-bond acceptors (Lipinski definition) is 6. The van der Waals surface area contributed by atoms with E-state index in [1.807, 2.05) is 0 Å². The first-order valence-electron chi connectivity index (χ1n) is 5.32. The molecule has 1 unspecified atom stereocenters. The van der Waals surface area contributed by atoms with E-state index in [0.29, 0.717) is 5.56 Å². The number of carboxylic acids is 1. The number of aromatic carboxylic acids is 1. The fourth-order valence-electron chi connectivity index (χ4n) is 1.96. The van der Waals surface area contributed by atoms with E-state index in [-0.39, 0.29) is 88.1 Å². The molecule has 1 aromatic rings.